The van der Waals surface area contributed by atoms with E-state index in [1.807, 2.05) is 19.9 Å². The van der Waals surface area contributed by atoms with Gasteiger partial charge >= 0.3 is 0 Å². The van der Waals surface area contributed by atoms with Crippen LogP contribution in [0.1, 0.15) is 43.4 Å². The van der Waals surface area contributed by atoms with Gasteiger partial charge in [0.1, 0.15) is 11.6 Å². The molecule has 2 aromatic rings. The maximum atomic E-state index is 13.8. The van der Waals surface area contributed by atoms with E-state index in [-0.39, 0.29) is 11.6 Å². The van der Waals surface area contributed by atoms with Gasteiger partial charge in [-0.25, -0.2) is 4.39 Å². The number of hydrogen-bond donors (Lipinski definition) is 0. The lowest BCUT2D eigenvalue weighted by Gasteiger charge is -2.05. The molecule has 3 rings (SSSR count). The summed E-state index contributed by atoms with van der Waals surface area (Å²) in [5.74, 6) is -0.0892. The van der Waals surface area contributed by atoms with Crippen molar-refractivity contribution in [2.45, 2.75) is 31.6 Å². The molecule has 1 aliphatic rings. The molecule has 0 saturated carbocycles. The Hall–Kier alpha value is -2.13. The number of carbonyl (C=O) groups excluding carboxylic acids is 1. The zero-order valence-electron chi connectivity index (χ0n) is 14.7. The summed E-state index contributed by atoms with van der Waals surface area (Å²) in [7, 11) is 0. The van der Waals surface area contributed by atoms with Gasteiger partial charge < -0.3 is 0 Å². The van der Waals surface area contributed by atoms with Crippen LogP contribution in [0, 0.1) is 5.82 Å². The van der Waals surface area contributed by atoms with Crippen LogP contribution in [-0.4, -0.2) is 12.0 Å². The molecule has 0 amide bonds. The van der Waals surface area contributed by atoms with Crippen molar-refractivity contribution in [3.8, 4) is 0 Å². The zero-order chi connectivity index (χ0) is 18.0. The van der Waals surface area contributed by atoms with Crippen LogP contribution in [0.3, 0.4) is 0 Å². The predicted octanol–water partition coefficient (Wildman–Crippen LogP) is 6.24. The van der Waals surface area contributed by atoms with E-state index < -0.39 is 0 Å². The van der Waals surface area contributed by atoms with Crippen molar-refractivity contribution in [3.63, 3.8) is 0 Å². The summed E-state index contributed by atoms with van der Waals surface area (Å²) >= 11 is 1.71. The smallest absolute Gasteiger partial charge is 0.137 e. The molecule has 0 atom stereocenters. The van der Waals surface area contributed by atoms with Crippen LogP contribution in [-0.2, 0) is 4.79 Å². The fourth-order valence-corrected chi connectivity index (χ4v) is 3.58. The molecular weight excluding hydrogens is 331 g/mol. The quantitative estimate of drug-likeness (QED) is 0.592. The first-order chi connectivity index (χ1) is 12.0. The van der Waals surface area contributed by atoms with Crippen molar-refractivity contribution in [1.29, 1.82) is 0 Å². The van der Waals surface area contributed by atoms with Crippen LogP contribution < -0.4 is 0 Å². The SMILES string of the molecule is CCC(=O)CC1=C(C)/C(=C/c2ccc(SC)cc2)c2ccc(F)cc21. The molecule has 0 spiro atoms. The highest BCUT2D eigenvalue weighted by Crippen LogP contribution is 2.44. The molecule has 0 bridgehead atoms. The van der Waals surface area contributed by atoms with Gasteiger partial charge in [-0.2, -0.15) is 0 Å². The second kappa shape index (κ2) is 7.40. The Kier molecular flexibility index (Phi) is 5.24. The number of benzene rings is 2. The Bertz CT molecular complexity index is 875. The first kappa shape index (κ1) is 17.7. The fourth-order valence-electron chi connectivity index (χ4n) is 3.17. The van der Waals surface area contributed by atoms with Crippen LogP contribution in [0.15, 0.2) is 52.9 Å². The molecule has 0 unspecified atom stereocenters. The number of halogens is 1. The summed E-state index contributed by atoms with van der Waals surface area (Å²) < 4.78 is 13.8. The first-order valence-corrected chi connectivity index (χ1v) is 9.63. The molecule has 128 valence electrons. The highest BCUT2D eigenvalue weighted by molar-refractivity contribution is 7.98. The number of thioether (sulfide) groups is 1. The van der Waals surface area contributed by atoms with Crippen molar-refractivity contribution >= 4 is 34.8 Å². The normalized spacial score (nSPS) is 15.0. The van der Waals surface area contributed by atoms with E-state index in [0.717, 1.165) is 33.4 Å². The maximum Gasteiger partial charge on any atom is 0.137 e. The van der Waals surface area contributed by atoms with Gasteiger partial charge in [0.25, 0.3) is 0 Å². The molecule has 0 heterocycles. The molecular formula is C22H21FOS. The van der Waals surface area contributed by atoms with Crippen molar-refractivity contribution in [2.24, 2.45) is 0 Å². The van der Waals surface area contributed by atoms with E-state index in [2.05, 4.69) is 36.6 Å². The average molecular weight is 352 g/mol. The fraction of sp³-hybridized carbons (Fsp3) is 0.227. The van der Waals surface area contributed by atoms with E-state index >= 15 is 0 Å². The van der Waals surface area contributed by atoms with E-state index in [0.29, 0.717) is 12.8 Å². The third-order valence-electron chi connectivity index (χ3n) is 4.65. The number of fused-ring (bicyclic) bond motifs is 1. The Morgan fingerprint density at radius 2 is 1.84 bits per heavy atom. The summed E-state index contributed by atoms with van der Waals surface area (Å²) in [6, 6.07) is 13.2. The molecule has 0 saturated heterocycles. The van der Waals surface area contributed by atoms with Gasteiger partial charge in [0.2, 0.25) is 0 Å². The highest BCUT2D eigenvalue weighted by Gasteiger charge is 2.25. The number of allylic oxidation sites excluding steroid dienone is 3. The number of carbonyl (C=O) groups is 1. The predicted molar refractivity (Wildman–Crippen MR) is 105 cm³/mol. The molecule has 1 aliphatic carbocycles. The van der Waals surface area contributed by atoms with E-state index in [9.17, 15) is 9.18 Å². The van der Waals surface area contributed by atoms with Gasteiger partial charge in [0, 0.05) is 17.7 Å². The molecule has 0 radical (unpaired) electrons. The van der Waals surface area contributed by atoms with Crippen LogP contribution in [0.2, 0.25) is 0 Å². The summed E-state index contributed by atoms with van der Waals surface area (Å²) in [6.07, 6.45) is 5.04. The molecule has 0 N–H and O–H groups in total. The summed E-state index contributed by atoms with van der Waals surface area (Å²) in [5.41, 5.74) is 6.05. The van der Waals surface area contributed by atoms with Crippen LogP contribution >= 0.6 is 11.8 Å². The van der Waals surface area contributed by atoms with Crippen LogP contribution in [0.4, 0.5) is 4.39 Å². The Morgan fingerprint density at radius 3 is 2.48 bits per heavy atom. The van der Waals surface area contributed by atoms with E-state index in [1.54, 1.807) is 17.8 Å². The molecule has 0 aromatic heterocycles. The van der Waals surface area contributed by atoms with E-state index in [1.165, 1.54) is 11.0 Å². The Balaban J connectivity index is 2.09. The zero-order valence-corrected chi connectivity index (χ0v) is 15.5. The van der Waals surface area contributed by atoms with Crippen LogP contribution in [0.5, 0.6) is 0 Å². The minimum absolute atomic E-state index is 0.176. The molecule has 1 nitrogen and oxygen atoms in total. The lowest BCUT2D eigenvalue weighted by Crippen LogP contribution is -1.97. The summed E-state index contributed by atoms with van der Waals surface area (Å²) in [4.78, 5) is 13.2. The van der Waals surface area contributed by atoms with E-state index in [4.69, 9.17) is 0 Å². The number of hydrogen-bond acceptors (Lipinski definition) is 2. The number of ketones is 1. The second-order valence-corrected chi connectivity index (χ2v) is 7.07. The Morgan fingerprint density at radius 1 is 1.12 bits per heavy atom. The summed E-state index contributed by atoms with van der Waals surface area (Å²) in [6.45, 7) is 3.89. The second-order valence-electron chi connectivity index (χ2n) is 6.19. The van der Waals surface area contributed by atoms with Crippen molar-refractivity contribution in [1.82, 2.24) is 0 Å². The third kappa shape index (κ3) is 3.62. The number of Topliss-reactive ketones (excluding diaryl/α,β-unsaturated/α-hetero) is 1. The minimum Gasteiger partial charge on any atom is -0.299 e. The van der Waals surface area contributed by atoms with Gasteiger partial charge in [-0.1, -0.05) is 25.1 Å². The Labute approximate surface area is 152 Å². The van der Waals surface area contributed by atoms with Gasteiger partial charge in [-0.15, -0.1) is 11.8 Å². The van der Waals surface area contributed by atoms with Gasteiger partial charge in [-0.05, 0) is 76.9 Å². The van der Waals surface area contributed by atoms with Gasteiger partial charge in [-0.3, -0.25) is 4.79 Å². The third-order valence-corrected chi connectivity index (χ3v) is 5.39. The largest absolute Gasteiger partial charge is 0.299 e. The van der Waals surface area contributed by atoms with Gasteiger partial charge in [0.15, 0.2) is 0 Å². The maximum absolute atomic E-state index is 13.8. The average Bonchev–Trinajstić information content (AvgIpc) is 2.87. The monoisotopic (exact) mass is 352 g/mol. The van der Waals surface area contributed by atoms with Crippen molar-refractivity contribution < 1.29 is 9.18 Å². The topological polar surface area (TPSA) is 17.1 Å². The van der Waals surface area contributed by atoms with Gasteiger partial charge in [0.05, 0.1) is 0 Å². The van der Waals surface area contributed by atoms with Crippen LogP contribution in [0.25, 0.3) is 17.2 Å². The van der Waals surface area contributed by atoms with Crippen molar-refractivity contribution in [2.75, 3.05) is 6.26 Å². The van der Waals surface area contributed by atoms with Crippen molar-refractivity contribution in [3.05, 3.63) is 70.5 Å². The molecule has 0 aliphatic heterocycles. The molecule has 0 fully saturated rings. The first-order valence-electron chi connectivity index (χ1n) is 8.41. The highest BCUT2D eigenvalue weighted by atomic mass is 32.2. The minimum atomic E-state index is -0.265. The standard InChI is InChI=1S/C22H21FOS/c1-4-17(24)13-21-14(2)20(19-10-7-16(23)12-22(19)21)11-15-5-8-18(25-3)9-6-15/h5-12H,4,13H2,1-3H3/b20-11-. The molecule has 25 heavy (non-hydrogen) atoms. The summed E-state index contributed by atoms with van der Waals surface area (Å²) in [5, 5.41) is 0. The lowest BCUT2D eigenvalue weighted by atomic mass is 9.99. The molecule has 3 heteroatoms. The molecule has 2 aromatic carbocycles. The lowest BCUT2D eigenvalue weighted by molar-refractivity contribution is -0.117. The number of rotatable bonds is 5.